The first-order chi connectivity index (χ1) is 10.0. The smallest absolute Gasteiger partial charge is 0.251 e. The molecule has 2 aromatic rings. The number of hydrogen-bond donors (Lipinski definition) is 3. The van der Waals surface area contributed by atoms with Gasteiger partial charge in [-0.15, -0.1) is 0 Å². The summed E-state index contributed by atoms with van der Waals surface area (Å²) in [4.78, 5) is 19.9. The molecular weight excluding hydrogens is 280 g/mol. The number of carbonyl (C=O) groups excluding carboxylic acids is 1. The van der Waals surface area contributed by atoms with E-state index in [1.54, 1.807) is 19.2 Å². The van der Waals surface area contributed by atoms with Gasteiger partial charge in [-0.2, -0.15) is 0 Å². The van der Waals surface area contributed by atoms with Gasteiger partial charge in [0.1, 0.15) is 11.5 Å². The number of aryl methyl sites for hydroxylation is 1. The Bertz CT molecular complexity index is 654. The van der Waals surface area contributed by atoms with E-state index in [9.17, 15) is 13.6 Å². The van der Waals surface area contributed by atoms with Gasteiger partial charge in [0, 0.05) is 11.8 Å². The summed E-state index contributed by atoms with van der Waals surface area (Å²) in [5, 5.41) is 2.52. The van der Waals surface area contributed by atoms with Gasteiger partial charge in [0.25, 0.3) is 5.91 Å². The number of hydrogen-bond acceptors (Lipinski definition) is 5. The van der Waals surface area contributed by atoms with Crippen LogP contribution in [0.1, 0.15) is 21.9 Å². The molecule has 0 fully saturated rings. The van der Waals surface area contributed by atoms with E-state index >= 15 is 0 Å². The van der Waals surface area contributed by atoms with Gasteiger partial charge in [-0.1, -0.05) is 0 Å². The molecule has 0 saturated carbocycles. The van der Waals surface area contributed by atoms with Crippen molar-refractivity contribution < 1.29 is 13.6 Å². The molecular formula is C13H13F2N5O. The van der Waals surface area contributed by atoms with Crippen molar-refractivity contribution in [1.29, 1.82) is 0 Å². The number of nitrogens with zero attached hydrogens (tertiary/aromatic N) is 2. The molecule has 6 nitrogen and oxygen atoms in total. The second-order valence-corrected chi connectivity index (χ2v) is 4.24. The van der Waals surface area contributed by atoms with Crippen LogP contribution in [0, 0.1) is 18.6 Å². The maximum Gasteiger partial charge on any atom is 0.251 e. The number of halogens is 2. The molecule has 4 N–H and O–H groups in total. The van der Waals surface area contributed by atoms with Crippen LogP contribution < -0.4 is 16.6 Å². The predicted molar refractivity (Wildman–Crippen MR) is 72.1 cm³/mol. The van der Waals surface area contributed by atoms with Gasteiger partial charge in [0.05, 0.1) is 12.2 Å². The van der Waals surface area contributed by atoms with E-state index < -0.39 is 23.2 Å². The Balaban J connectivity index is 2.10. The van der Waals surface area contributed by atoms with Crippen molar-refractivity contribution in [3.63, 3.8) is 0 Å². The van der Waals surface area contributed by atoms with Crippen molar-refractivity contribution in [2.75, 3.05) is 5.43 Å². The average Bonchev–Trinajstić information content (AvgIpc) is 2.44. The van der Waals surface area contributed by atoms with E-state index in [0.29, 0.717) is 11.5 Å². The number of nitrogen functional groups attached to an aromatic ring is 1. The fourth-order valence-electron chi connectivity index (χ4n) is 1.72. The lowest BCUT2D eigenvalue weighted by Gasteiger charge is -2.08. The minimum Gasteiger partial charge on any atom is -0.346 e. The molecule has 0 aliphatic carbocycles. The molecule has 0 aliphatic rings. The summed E-state index contributed by atoms with van der Waals surface area (Å²) in [7, 11) is 0. The monoisotopic (exact) mass is 293 g/mol. The van der Waals surface area contributed by atoms with Crippen molar-refractivity contribution >= 4 is 11.6 Å². The Hall–Kier alpha value is -2.61. The molecule has 1 aromatic carbocycles. The van der Waals surface area contributed by atoms with Gasteiger partial charge in [0.2, 0.25) is 0 Å². The van der Waals surface area contributed by atoms with Crippen molar-refractivity contribution in [1.82, 2.24) is 15.3 Å². The minimum atomic E-state index is -0.944. The van der Waals surface area contributed by atoms with E-state index in [1.165, 1.54) is 0 Å². The predicted octanol–water partition coefficient (Wildman–Crippen LogP) is 1.28. The van der Waals surface area contributed by atoms with E-state index in [-0.39, 0.29) is 12.1 Å². The van der Waals surface area contributed by atoms with Crippen molar-refractivity contribution in [2.45, 2.75) is 13.5 Å². The van der Waals surface area contributed by atoms with Gasteiger partial charge >= 0.3 is 0 Å². The first kappa shape index (κ1) is 14.8. The molecule has 0 unspecified atom stereocenters. The highest BCUT2D eigenvalue weighted by Gasteiger charge is 2.14. The third kappa shape index (κ3) is 3.48. The molecule has 110 valence electrons. The topological polar surface area (TPSA) is 92.9 Å². The van der Waals surface area contributed by atoms with Crippen LogP contribution in [0.3, 0.4) is 0 Å². The Morgan fingerprint density at radius 1 is 1.33 bits per heavy atom. The number of carbonyl (C=O) groups is 1. The Morgan fingerprint density at radius 3 is 2.57 bits per heavy atom. The van der Waals surface area contributed by atoms with Gasteiger partial charge in [0.15, 0.2) is 11.6 Å². The number of nitrogens with two attached hydrogens (primary N) is 1. The molecule has 0 aliphatic heterocycles. The van der Waals surface area contributed by atoms with E-state index in [4.69, 9.17) is 5.84 Å². The molecule has 0 atom stereocenters. The zero-order valence-electron chi connectivity index (χ0n) is 11.2. The highest BCUT2D eigenvalue weighted by atomic mass is 19.1. The molecule has 0 spiro atoms. The molecule has 8 heteroatoms. The maximum atomic E-state index is 13.5. The van der Waals surface area contributed by atoms with Crippen LogP contribution in [0.4, 0.5) is 14.5 Å². The molecule has 0 saturated heterocycles. The number of anilines is 1. The highest BCUT2D eigenvalue weighted by molar-refractivity contribution is 5.94. The Labute approximate surface area is 119 Å². The molecule has 1 heterocycles. The molecule has 2 rings (SSSR count). The minimum absolute atomic E-state index is 0.127. The lowest BCUT2D eigenvalue weighted by molar-refractivity contribution is 0.0949. The number of rotatable bonds is 4. The van der Waals surface area contributed by atoms with Crippen molar-refractivity contribution in [3.8, 4) is 0 Å². The average molecular weight is 293 g/mol. The SMILES string of the molecule is Cc1nccc(CNC(=O)c2cc(F)c(NN)c(F)c2)n1. The largest absolute Gasteiger partial charge is 0.346 e. The number of amides is 1. The lowest BCUT2D eigenvalue weighted by Crippen LogP contribution is -2.24. The normalized spacial score (nSPS) is 10.3. The molecule has 1 amide bonds. The second kappa shape index (κ2) is 6.23. The molecule has 21 heavy (non-hydrogen) atoms. The lowest BCUT2D eigenvalue weighted by atomic mass is 10.1. The summed E-state index contributed by atoms with van der Waals surface area (Å²) in [5.41, 5.74) is 1.86. The molecule has 1 aromatic heterocycles. The van der Waals surface area contributed by atoms with Crippen molar-refractivity contribution in [2.24, 2.45) is 5.84 Å². The highest BCUT2D eigenvalue weighted by Crippen LogP contribution is 2.19. The van der Waals surface area contributed by atoms with Crippen LogP contribution in [-0.4, -0.2) is 15.9 Å². The summed E-state index contributed by atoms with van der Waals surface area (Å²) >= 11 is 0. The number of hydrazine groups is 1. The fraction of sp³-hybridized carbons (Fsp3) is 0.154. The van der Waals surface area contributed by atoms with Gasteiger partial charge in [-0.05, 0) is 25.1 Å². The second-order valence-electron chi connectivity index (χ2n) is 4.24. The summed E-state index contributed by atoms with van der Waals surface area (Å²) in [6.07, 6.45) is 1.56. The van der Waals surface area contributed by atoms with E-state index in [0.717, 1.165) is 12.1 Å². The van der Waals surface area contributed by atoms with Crippen LogP contribution in [0.5, 0.6) is 0 Å². The number of benzene rings is 1. The van der Waals surface area contributed by atoms with E-state index in [1.807, 2.05) is 5.43 Å². The quantitative estimate of drug-likeness (QED) is 0.583. The third-order valence-electron chi connectivity index (χ3n) is 2.71. The fourth-order valence-corrected chi connectivity index (χ4v) is 1.72. The van der Waals surface area contributed by atoms with Gasteiger partial charge in [-0.3, -0.25) is 10.6 Å². The molecule has 0 bridgehead atoms. The van der Waals surface area contributed by atoms with Crippen LogP contribution >= 0.6 is 0 Å². The summed E-state index contributed by atoms with van der Waals surface area (Å²) in [6, 6.07) is 3.44. The standard InChI is InChI=1S/C13H13F2N5O/c1-7-17-3-2-9(19-7)6-18-13(21)8-4-10(14)12(20-16)11(15)5-8/h2-5,20H,6,16H2,1H3,(H,18,21). The summed E-state index contributed by atoms with van der Waals surface area (Å²) in [5.74, 6) is 3.04. The first-order valence-electron chi connectivity index (χ1n) is 6.03. The zero-order chi connectivity index (χ0) is 15.4. The van der Waals surface area contributed by atoms with E-state index in [2.05, 4.69) is 15.3 Å². The third-order valence-corrected chi connectivity index (χ3v) is 2.71. The molecule has 0 radical (unpaired) electrons. The Morgan fingerprint density at radius 2 is 2.00 bits per heavy atom. The first-order valence-corrected chi connectivity index (χ1v) is 6.03. The van der Waals surface area contributed by atoms with Gasteiger partial charge in [-0.25, -0.2) is 18.7 Å². The maximum absolute atomic E-state index is 13.5. The number of nitrogens with one attached hydrogen (secondary N) is 2. The Kier molecular flexibility index (Phi) is 4.39. The summed E-state index contributed by atoms with van der Waals surface area (Å²) < 4.78 is 27.0. The zero-order valence-corrected chi connectivity index (χ0v) is 11.2. The van der Waals surface area contributed by atoms with Crippen LogP contribution in [-0.2, 0) is 6.54 Å². The summed E-state index contributed by atoms with van der Waals surface area (Å²) in [6.45, 7) is 1.84. The van der Waals surface area contributed by atoms with Gasteiger partial charge < -0.3 is 10.7 Å². The van der Waals surface area contributed by atoms with Crippen LogP contribution in [0.25, 0.3) is 0 Å². The van der Waals surface area contributed by atoms with Crippen molar-refractivity contribution in [3.05, 3.63) is 53.1 Å². The van der Waals surface area contributed by atoms with Crippen LogP contribution in [0.15, 0.2) is 24.4 Å². The van der Waals surface area contributed by atoms with Crippen LogP contribution in [0.2, 0.25) is 0 Å². The number of aromatic nitrogens is 2.